The number of aromatic nitrogens is 1. The van der Waals surface area contributed by atoms with Crippen molar-refractivity contribution >= 4 is 22.0 Å². The highest BCUT2D eigenvalue weighted by Crippen LogP contribution is 2.26. The van der Waals surface area contributed by atoms with Crippen LogP contribution in [-0.4, -0.2) is 53.9 Å². The standard InChI is InChI=1S/C24H36N4O5S/c1-16(2)14-20(27-23(30)33-24(5,6)7)22(29)26-19-12-11-18(4)28(15-17(19)3)34(31,32)21-10-8-9-13-25-21/h8-10,13-14,16,18-19H,3,11-12,15H2,1-2,4-7H3,(H,26,29)(H,27,30)/b20-14+/t18-,19+/m1/s1. The number of amides is 2. The predicted molar refractivity (Wildman–Crippen MR) is 130 cm³/mol. The SMILES string of the molecule is C=C1CN(S(=O)(=O)c2ccccn2)[C@H](C)CC[C@@H]1NC(=O)/C(=C\C(C)C)NC(=O)OC(C)(C)C. The average molecular weight is 493 g/mol. The first-order valence-electron chi connectivity index (χ1n) is 11.3. The molecule has 1 fully saturated rings. The molecule has 2 heterocycles. The van der Waals surface area contributed by atoms with E-state index in [9.17, 15) is 18.0 Å². The number of allylic oxidation sites excluding steroid dienone is 1. The van der Waals surface area contributed by atoms with Crippen LogP contribution in [-0.2, 0) is 19.6 Å². The minimum Gasteiger partial charge on any atom is -0.444 e. The normalized spacial score (nSPS) is 20.6. The maximum atomic E-state index is 13.2. The molecule has 2 amide bonds. The van der Waals surface area contributed by atoms with Crippen LogP contribution in [0.3, 0.4) is 0 Å². The van der Waals surface area contributed by atoms with E-state index in [0.29, 0.717) is 18.4 Å². The van der Waals surface area contributed by atoms with Gasteiger partial charge in [0.05, 0.1) is 6.04 Å². The third kappa shape index (κ3) is 7.66. The van der Waals surface area contributed by atoms with Crippen molar-refractivity contribution in [3.05, 3.63) is 48.3 Å². The number of sulfonamides is 1. The van der Waals surface area contributed by atoms with Crippen LogP contribution < -0.4 is 10.6 Å². The molecule has 0 unspecified atom stereocenters. The molecule has 0 aromatic carbocycles. The highest BCUT2D eigenvalue weighted by Gasteiger charge is 2.35. The van der Waals surface area contributed by atoms with Crippen molar-refractivity contribution in [1.82, 2.24) is 19.9 Å². The van der Waals surface area contributed by atoms with Gasteiger partial charge in [0, 0.05) is 18.8 Å². The number of nitrogens with zero attached hydrogens (tertiary/aromatic N) is 2. The lowest BCUT2D eigenvalue weighted by molar-refractivity contribution is -0.118. The van der Waals surface area contributed by atoms with E-state index in [0.717, 1.165) is 0 Å². The van der Waals surface area contributed by atoms with Crippen LogP contribution in [0.4, 0.5) is 4.79 Å². The Balaban J connectivity index is 2.17. The number of nitrogens with one attached hydrogen (secondary N) is 2. The highest BCUT2D eigenvalue weighted by molar-refractivity contribution is 7.89. The number of hydrogen-bond donors (Lipinski definition) is 2. The fourth-order valence-corrected chi connectivity index (χ4v) is 5.09. The zero-order valence-corrected chi connectivity index (χ0v) is 21.6. The van der Waals surface area contributed by atoms with E-state index < -0.39 is 33.7 Å². The zero-order valence-electron chi connectivity index (χ0n) is 20.8. The molecule has 1 saturated heterocycles. The smallest absolute Gasteiger partial charge is 0.412 e. The van der Waals surface area contributed by atoms with Crippen molar-refractivity contribution in [1.29, 1.82) is 0 Å². The molecule has 2 rings (SSSR count). The summed E-state index contributed by atoms with van der Waals surface area (Å²) >= 11 is 0. The van der Waals surface area contributed by atoms with Crippen molar-refractivity contribution in [2.24, 2.45) is 5.92 Å². The number of alkyl carbamates (subject to hydrolysis) is 1. The molecule has 2 N–H and O–H groups in total. The molecule has 2 atom stereocenters. The Morgan fingerprint density at radius 2 is 1.94 bits per heavy atom. The van der Waals surface area contributed by atoms with E-state index in [4.69, 9.17) is 4.74 Å². The van der Waals surface area contributed by atoms with Crippen LogP contribution in [0.5, 0.6) is 0 Å². The number of carbonyl (C=O) groups is 2. The second-order valence-electron chi connectivity index (χ2n) is 9.78. The fraction of sp³-hybridized carbons (Fsp3) is 0.542. The molecule has 9 nitrogen and oxygen atoms in total. The lowest BCUT2D eigenvalue weighted by Crippen LogP contribution is -2.43. The Morgan fingerprint density at radius 1 is 1.26 bits per heavy atom. The molecule has 188 valence electrons. The second-order valence-corrected chi connectivity index (χ2v) is 11.6. The summed E-state index contributed by atoms with van der Waals surface area (Å²) in [5.74, 6) is -0.494. The first-order valence-corrected chi connectivity index (χ1v) is 12.8. The van der Waals surface area contributed by atoms with Crippen molar-refractivity contribution in [3.8, 4) is 0 Å². The third-order valence-corrected chi connectivity index (χ3v) is 6.99. The summed E-state index contributed by atoms with van der Waals surface area (Å²) in [7, 11) is -3.82. The van der Waals surface area contributed by atoms with Crippen molar-refractivity contribution in [2.45, 2.75) is 77.1 Å². The lowest BCUT2D eigenvalue weighted by Gasteiger charge is -2.26. The van der Waals surface area contributed by atoms with Gasteiger partial charge in [0.2, 0.25) is 0 Å². The van der Waals surface area contributed by atoms with E-state index in [1.54, 1.807) is 39.0 Å². The number of rotatable bonds is 6. The molecule has 0 spiro atoms. The van der Waals surface area contributed by atoms with Crippen molar-refractivity contribution < 1.29 is 22.7 Å². The van der Waals surface area contributed by atoms with Gasteiger partial charge in [0.25, 0.3) is 15.9 Å². The van der Waals surface area contributed by atoms with Gasteiger partial charge in [0.1, 0.15) is 11.3 Å². The maximum Gasteiger partial charge on any atom is 0.412 e. The first kappa shape index (κ1) is 27.5. The Morgan fingerprint density at radius 3 is 2.50 bits per heavy atom. The van der Waals surface area contributed by atoms with Crippen molar-refractivity contribution in [3.63, 3.8) is 0 Å². The lowest BCUT2D eigenvalue weighted by atomic mass is 10.0. The van der Waals surface area contributed by atoms with E-state index in [2.05, 4.69) is 22.2 Å². The Bertz CT molecular complexity index is 1030. The predicted octanol–water partition coefficient (Wildman–Crippen LogP) is 3.36. The van der Waals surface area contributed by atoms with E-state index >= 15 is 0 Å². The van der Waals surface area contributed by atoms with Crippen LogP contribution in [0, 0.1) is 5.92 Å². The number of hydrogen-bond acceptors (Lipinski definition) is 6. The van der Waals surface area contributed by atoms with Crippen LogP contribution >= 0.6 is 0 Å². The Labute approximate surface area is 202 Å². The maximum absolute atomic E-state index is 13.2. The summed E-state index contributed by atoms with van der Waals surface area (Å²) in [4.78, 5) is 29.3. The molecule has 1 aliphatic heterocycles. The van der Waals surface area contributed by atoms with Gasteiger partial charge in [-0.1, -0.05) is 32.6 Å². The summed E-state index contributed by atoms with van der Waals surface area (Å²) in [6, 6.07) is 3.97. The fourth-order valence-electron chi connectivity index (χ4n) is 3.50. The summed E-state index contributed by atoms with van der Waals surface area (Å²) in [5.41, 5.74) is -0.0803. The average Bonchev–Trinajstić information content (AvgIpc) is 2.86. The summed E-state index contributed by atoms with van der Waals surface area (Å²) in [5, 5.41) is 5.41. The largest absolute Gasteiger partial charge is 0.444 e. The number of ether oxygens (including phenoxy) is 1. The molecule has 1 aliphatic rings. The van der Waals surface area contributed by atoms with Gasteiger partial charge in [0.15, 0.2) is 5.03 Å². The Kier molecular flexibility index (Phi) is 9.02. The van der Waals surface area contributed by atoms with Crippen LogP contribution in [0.15, 0.2) is 53.3 Å². The van der Waals surface area contributed by atoms with Gasteiger partial charge in [-0.25, -0.2) is 18.2 Å². The molecule has 1 aromatic rings. The summed E-state index contributed by atoms with van der Waals surface area (Å²) in [6.45, 7) is 14.9. The molecule has 10 heteroatoms. The minimum absolute atomic E-state index is 0.00736. The Hall–Kier alpha value is -2.72. The number of pyridine rings is 1. The van der Waals surface area contributed by atoms with Gasteiger partial charge >= 0.3 is 6.09 Å². The number of carbonyl (C=O) groups excluding carboxylic acids is 2. The molecule has 0 radical (unpaired) electrons. The van der Waals surface area contributed by atoms with Gasteiger partial charge in [-0.2, -0.15) is 4.31 Å². The van der Waals surface area contributed by atoms with Gasteiger partial charge in [-0.15, -0.1) is 0 Å². The zero-order chi connectivity index (χ0) is 25.7. The summed E-state index contributed by atoms with van der Waals surface area (Å²) in [6.07, 6.45) is 3.36. The molecule has 0 aliphatic carbocycles. The summed E-state index contributed by atoms with van der Waals surface area (Å²) < 4.78 is 32.9. The van der Waals surface area contributed by atoms with E-state index in [1.807, 2.05) is 20.8 Å². The monoisotopic (exact) mass is 492 g/mol. The molecular weight excluding hydrogens is 456 g/mol. The molecular formula is C24H36N4O5S. The third-order valence-electron chi connectivity index (χ3n) is 5.11. The van der Waals surface area contributed by atoms with Crippen LogP contribution in [0.1, 0.15) is 54.4 Å². The molecule has 0 bridgehead atoms. The van der Waals surface area contributed by atoms with Gasteiger partial charge < -0.3 is 10.1 Å². The van der Waals surface area contributed by atoms with E-state index in [1.165, 1.54) is 16.6 Å². The quantitative estimate of drug-likeness (QED) is 0.464. The molecule has 34 heavy (non-hydrogen) atoms. The topological polar surface area (TPSA) is 118 Å². The highest BCUT2D eigenvalue weighted by atomic mass is 32.2. The van der Waals surface area contributed by atoms with E-state index in [-0.39, 0.29) is 29.2 Å². The second kappa shape index (κ2) is 11.1. The van der Waals surface area contributed by atoms with Crippen LogP contribution in [0.2, 0.25) is 0 Å². The van der Waals surface area contributed by atoms with Gasteiger partial charge in [-0.05, 0) is 64.2 Å². The first-order chi connectivity index (χ1) is 15.7. The molecule has 1 aromatic heterocycles. The molecule has 0 saturated carbocycles. The van der Waals surface area contributed by atoms with Crippen molar-refractivity contribution in [2.75, 3.05) is 6.54 Å². The van der Waals surface area contributed by atoms with Crippen LogP contribution in [0.25, 0.3) is 0 Å². The van der Waals surface area contributed by atoms with Gasteiger partial charge in [-0.3, -0.25) is 10.1 Å². The minimum atomic E-state index is -3.82.